The molecule has 0 aliphatic carbocycles. The van der Waals surface area contributed by atoms with E-state index in [1.54, 1.807) is 0 Å². The lowest BCUT2D eigenvalue weighted by atomic mass is 10.2. The third kappa shape index (κ3) is 3.86. The minimum absolute atomic E-state index is 0.343. The van der Waals surface area contributed by atoms with Crippen LogP contribution in [-0.4, -0.2) is 4.75 Å². The highest BCUT2D eigenvalue weighted by Crippen LogP contribution is 2.37. The molecule has 0 aliphatic rings. The first-order chi connectivity index (χ1) is 5.99. The predicted molar refractivity (Wildman–Crippen MR) is 62.2 cm³/mol. The van der Waals surface area contributed by atoms with E-state index in [1.165, 1.54) is 5.56 Å². The van der Waals surface area contributed by atoms with E-state index in [0.717, 1.165) is 0 Å². The molecule has 1 atom stereocenters. The monoisotopic (exact) mass is 194 g/mol. The van der Waals surface area contributed by atoms with Crippen LogP contribution in [0.1, 0.15) is 38.5 Å². The van der Waals surface area contributed by atoms with Crippen molar-refractivity contribution in [1.29, 1.82) is 0 Å². The van der Waals surface area contributed by atoms with E-state index in [2.05, 4.69) is 58.0 Å². The van der Waals surface area contributed by atoms with Gasteiger partial charge in [0, 0.05) is 10.00 Å². The summed E-state index contributed by atoms with van der Waals surface area (Å²) in [5, 5.41) is 0.584. The fraction of sp³-hybridized carbons (Fsp3) is 0.500. The molecule has 0 heterocycles. The molecule has 0 aliphatic heterocycles. The van der Waals surface area contributed by atoms with Gasteiger partial charge in [0.2, 0.25) is 0 Å². The Morgan fingerprint density at radius 2 is 1.62 bits per heavy atom. The Morgan fingerprint density at radius 1 is 1.08 bits per heavy atom. The molecule has 0 amide bonds. The molecule has 0 aromatic heterocycles. The molecule has 0 bridgehead atoms. The molecule has 72 valence electrons. The van der Waals surface area contributed by atoms with Gasteiger partial charge >= 0.3 is 0 Å². The Morgan fingerprint density at radius 3 is 2.08 bits per heavy atom. The third-order valence-corrected chi connectivity index (χ3v) is 3.13. The zero-order valence-electron chi connectivity index (χ0n) is 8.87. The first-order valence-electron chi connectivity index (χ1n) is 4.72. The summed E-state index contributed by atoms with van der Waals surface area (Å²) in [6, 6.07) is 10.7. The summed E-state index contributed by atoms with van der Waals surface area (Å²) in [5.41, 5.74) is 1.42. The minimum Gasteiger partial charge on any atom is -0.148 e. The van der Waals surface area contributed by atoms with E-state index < -0.39 is 0 Å². The molecule has 0 saturated carbocycles. The molecule has 0 radical (unpaired) electrons. The summed E-state index contributed by atoms with van der Waals surface area (Å²) in [4.78, 5) is 0. The van der Waals surface area contributed by atoms with Crippen LogP contribution in [0.4, 0.5) is 0 Å². The number of thioether (sulfide) groups is 1. The zero-order valence-corrected chi connectivity index (χ0v) is 9.69. The Hall–Kier alpha value is -0.430. The second-order valence-corrected chi connectivity index (χ2v) is 6.45. The molecule has 13 heavy (non-hydrogen) atoms. The highest BCUT2D eigenvalue weighted by atomic mass is 32.2. The van der Waals surface area contributed by atoms with Gasteiger partial charge in [-0.25, -0.2) is 0 Å². The van der Waals surface area contributed by atoms with Crippen LogP contribution in [0.25, 0.3) is 0 Å². The van der Waals surface area contributed by atoms with Crippen LogP contribution in [-0.2, 0) is 0 Å². The van der Waals surface area contributed by atoms with Crippen LogP contribution in [0.15, 0.2) is 30.3 Å². The van der Waals surface area contributed by atoms with Crippen LogP contribution in [0, 0.1) is 0 Å². The maximum atomic E-state index is 2.27. The van der Waals surface area contributed by atoms with Gasteiger partial charge in [-0.05, 0) is 12.5 Å². The average molecular weight is 194 g/mol. The van der Waals surface area contributed by atoms with Gasteiger partial charge in [0.25, 0.3) is 0 Å². The topological polar surface area (TPSA) is 0 Å². The van der Waals surface area contributed by atoms with Crippen LogP contribution in [0.2, 0.25) is 0 Å². The molecule has 1 unspecified atom stereocenters. The average Bonchev–Trinajstić information content (AvgIpc) is 2.03. The van der Waals surface area contributed by atoms with Gasteiger partial charge in [-0.3, -0.25) is 0 Å². The van der Waals surface area contributed by atoms with Gasteiger partial charge in [0.05, 0.1) is 0 Å². The summed E-state index contributed by atoms with van der Waals surface area (Å²) < 4.78 is 0.343. The Balaban J connectivity index is 2.64. The number of hydrogen-bond donors (Lipinski definition) is 0. The molecule has 0 spiro atoms. The maximum Gasteiger partial charge on any atom is 0.0274 e. The fourth-order valence-corrected chi connectivity index (χ4v) is 2.68. The van der Waals surface area contributed by atoms with Gasteiger partial charge in [0.1, 0.15) is 0 Å². The first kappa shape index (κ1) is 10.6. The van der Waals surface area contributed by atoms with E-state index >= 15 is 0 Å². The SMILES string of the molecule is CC(SC(C)(C)C)c1ccccc1. The molecule has 0 N–H and O–H groups in total. The van der Waals surface area contributed by atoms with Crippen molar-refractivity contribution in [1.82, 2.24) is 0 Å². The fourth-order valence-electron chi connectivity index (χ4n) is 1.32. The summed E-state index contributed by atoms with van der Waals surface area (Å²) in [6.45, 7) is 9.05. The molecule has 1 heteroatoms. The van der Waals surface area contributed by atoms with Gasteiger partial charge in [-0.2, -0.15) is 0 Å². The van der Waals surface area contributed by atoms with E-state index in [1.807, 2.05) is 11.8 Å². The normalized spacial score (nSPS) is 14.2. The van der Waals surface area contributed by atoms with Crippen molar-refractivity contribution in [3.8, 4) is 0 Å². The van der Waals surface area contributed by atoms with Crippen molar-refractivity contribution in [2.75, 3.05) is 0 Å². The standard InChI is InChI=1S/C12H18S/c1-10(13-12(2,3)4)11-8-6-5-7-9-11/h5-10H,1-4H3. The van der Waals surface area contributed by atoms with E-state index in [4.69, 9.17) is 0 Å². The zero-order chi connectivity index (χ0) is 9.90. The summed E-state index contributed by atoms with van der Waals surface area (Å²) >= 11 is 2.01. The Bertz CT molecular complexity index is 246. The second-order valence-electron chi connectivity index (χ2n) is 4.28. The lowest BCUT2D eigenvalue weighted by Gasteiger charge is -2.23. The molecule has 1 aromatic rings. The van der Waals surface area contributed by atoms with Crippen molar-refractivity contribution >= 4 is 11.8 Å². The number of hydrogen-bond acceptors (Lipinski definition) is 1. The van der Waals surface area contributed by atoms with E-state index in [-0.39, 0.29) is 0 Å². The summed E-state index contributed by atoms with van der Waals surface area (Å²) in [7, 11) is 0. The maximum absolute atomic E-state index is 2.27. The van der Waals surface area contributed by atoms with Crippen LogP contribution in [0.3, 0.4) is 0 Å². The summed E-state index contributed by atoms with van der Waals surface area (Å²) in [6.07, 6.45) is 0. The first-order valence-corrected chi connectivity index (χ1v) is 5.60. The molecular formula is C12H18S. The molecule has 0 saturated heterocycles. The quantitative estimate of drug-likeness (QED) is 0.677. The van der Waals surface area contributed by atoms with Crippen LogP contribution >= 0.6 is 11.8 Å². The lowest BCUT2D eigenvalue weighted by molar-refractivity contribution is 0.794. The largest absolute Gasteiger partial charge is 0.148 e. The minimum atomic E-state index is 0.343. The highest BCUT2D eigenvalue weighted by Gasteiger charge is 2.16. The third-order valence-electron chi connectivity index (χ3n) is 1.80. The van der Waals surface area contributed by atoms with Crippen molar-refractivity contribution in [2.45, 2.75) is 37.7 Å². The predicted octanol–water partition coefficient (Wildman–Crippen LogP) is 4.28. The Kier molecular flexibility index (Phi) is 3.43. The molecule has 1 rings (SSSR count). The molecule has 1 aromatic carbocycles. The van der Waals surface area contributed by atoms with Crippen molar-refractivity contribution < 1.29 is 0 Å². The van der Waals surface area contributed by atoms with Gasteiger partial charge in [-0.1, -0.05) is 51.1 Å². The van der Waals surface area contributed by atoms with Crippen molar-refractivity contribution in [3.05, 3.63) is 35.9 Å². The molecule has 0 fully saturated rings. The van der Waals surface area contributed by atoms with Gasteiger partial charge in [-0.15, -0.1) is 11.8 Å². The highest BCUT2D eigenvalue weighted by molar-refractivity contribution is 8.00. The number of rotatable bonds is 2. The van der Waals surface area contributed by atoms with E-state index in [0.29, 0.717) is 10.00 Å². The Labute approximate surface area is 85.7 Å². The molecular weight excluding hydrogens is 176 g/mol. The van der Waals surface area contributed by atoms with Crippen molar-refractivity contribution in [3.63, 3.8) is 0 Å². The van der Waals surface area contributed by atoms with Gasteiger partial charge < -0.3 is 0 Å². The number of benzene rings is 1. The smallest absolute Gasteiger partial charge is 0.0274 e. The van der Waals surface area contributed by atoms with E-state index in [9.17, 15) is 0 Å². The van der Waals surface area contributed by atoms with Crippen LogP contribution in [0.5, 0.6) is 0 Å². The van der Waals surface area contributed by atoms with Crippen molar-refractivity contribution in [2.24, 2.45) is 0 Å². The lowest BCUT2D eigenvalue weighted by Crippen LogP contribution is -2.09. The van der Waals surface area contributed by atoms with Gasteiger partial charge in [0.15, 0.2) is 0 Å². The van der Waals surface area contributed by atoms with Crippen LogP contribution < -0.4 is 0 Å². The second kappa shape index (κ2) is 4.19. The summed E-state index contributed by atoms with van der Waals surface area (Å²) in [5.74, 6) is 0. The molecule has 0 nitrogen and oxygen atoms in total.